The lowest BCUT2D eigenvalue weighted by Crippen LogP contribution is -2.43. The molecular formula is C15H19N3O. The van der Waals surface area contributed by atoms with E-state index in [0.29, 0.717) is 0 Å². The van der Waals surface area contributed by atoms with Crippen LogP contribution in [0.4, 0.5) is 0 Å². The van der Waals surface area contributed by atoms with Crippen LogP contribution in [0.25, 0.3) is 11.3 Å². The van der Waals surface area contributed by atoms with Crippen LogP contribution in [0.2, 0.25) is 0 Å². The molecule has 100 valence electrons. The first-order valence-corrected chi connectivity index (χ1v) is 6.72. The average Bonchev–Trinajstić information content (AvgIpc) is 3.07. The van der Waals surface area contributed by atoms with E-state index in [1.54, 1.807) is 0 Å². The van der Waals surface area contributed by atoms with Crippen molar-refractivity contribution in [2.75, 3.05) is 13.1 Å². The molecule has 1 aliphatic rings. The van der Waals surface area contributed by atoms with Crippen molar-refractivity contribution in [2.24, 2.45) is 0 Å². The van der Waals surface area contributed by atoms with Crippen LogP contribution in [0.3, 0.4) is 0 Å². The van der Waals surface area contributed by atoms with Crippen molar-refractivity contribution in [3.63, 3.8) is 0 Å². The van der Waals surface area contributed by atoms with Crippen molar-refractivity contribution in [3.8, 4) is 11.3 Å². The molecule has 3 rings (SSSR count). The Hall–Kier alpha value is -1.65. The van der Waals surface area contributed by atoms with Gasteiger partial charge in [0.15, 0.2) is 5.76 Å². The zero-order valence-corrected chi connectivity index (χ0v) is 11.1. The Bertz CT molecular complexity index is 529. The first-order chi connectivity index (χ1) is 9.25. The summed E-state index contributed by atoms with van der Waals surface area (Å²) in [5.41, 5.74) is 2.15. The molecule has 1 atom stereocenters. The quantitative estimate of drug-likeness (QED) is 0.881. The van der Waals surface area contributed by atoms with Gasteiger partial charge in [-0.1, -0.05) is 35.5 Å². The highest BCUT2D eigenvalue weighted by Crippen LogP contribution is 2.19. The summed E-state index contributed by atoms with van der Waals surface area (Å²) in [6, 6.07) is 12.1. The Morgan fingerprint density at radius 1 is 1.37 bits per heavy atom. The van der Waals surface area contributed by atoms with E-state index >= 15 is 0 Å². The van der Waals surface area contributed by atoms with Crippen molar-refractivity contribution >= 4 is 0 Å². The number of hydrogen-bond donors (Lipinski definition) is 2. The van der Waals surface area contributed by atoms with Gasteiger partial charge in [0, 0.05) is 23.7 Å². The van der Waals surface area contributed by atoms with Gasteiger partial charge in [-0.25, -0.2) is 0 Å². The maximum atomic E-state index is 5.39. The molecular weight excluding hydrogens is 238 g/mol. The monoisotopic (exact) mass is 257 g/mol. The molecule has 1 aliphatic heterocycles. The summed E-state index contributed by atoms with van der Waals surface area (Å²) in [5, 5.41) is 11.0. The first-order valence-electron chi connectivity index (χ1n) is 6.72. The van der Waals surface area contributed by atoms with Gasteiger partial charge in [0.1, 0.15) is 5.69 Å². The number of aromatic nitrogens is 1. The van der Waals surface area contributed by atoms with Crippen LogP contribution >= 0.6 is 0 Å². The van der Waals surface area contributed by atoms with E-state index in [1.165, 1.54) is 0 Å². The van der Waals surface area contributed by atoms with E-state index < -0.39 is 0 Å². The molecule has 1 aromatic heterocycles. The Labute approximate surface area is 113 Å². The van der Waals surface area contributed by atoms with Gasteiger partial charge in [0.2, 0.25) is 0 Å². The lowest BCUT2D eigenvalue weighted by Gasteiger charge is -2.23. The third-order valence-corrected chi connectivity index (χ3v) is 3.69. The van der Waals surface area contributed by atoms with Gasteiger partial charge < -0.3 is 15.2 Å². The summed E-state index contributed by atoms with van der Waals surface area (Å²) in [6.45, 7) is 5.04. The minimum absolute atomic E-state index is 0.166. The highest BCUT2D eigenvalue weighted by Gasteiger charge is 2.27. The van der Waals surface area contributed by atoms with E-state index in [0.717, 1.165) is 43.1 Å². The van der Waals surface area contributed by atoms with Crippen LogP contribution in [0.5, 0.6) is 0 Å². The highest BCUT2D eigenvalue weighted by molar-refractivity contribution is 5.58. The van der Waals surface area contributed by atoms with Gasteiger partial charge in [-0.2, -0.15) is 0 Å². The second-order valence-electron chi connectivity index (χ2n) is 5.39. The minimum atomic E-state index is 0.166. The Kier molecular flexibility index (Phi) is 3.36. The second kappa shape index (κ2) is 5.15. The van der Waals surface area contributed by atoms with Crippen molar-refractivity contribution < 1.29 is 4.52 Å². The van der Waals surface area contributed by atoms with Crippen LogP contribution in [0.1, 0.15) is 19.1 Å². The topological polar surface area (TPSA) is 50.1 Å². The zero-order valence-electron chi connectivity index (χ0n) is 11.1. The molecule has 0 radical (unpaired) electrons. The molecule has 0 saturated carbocycles. The largest absolute Gasteiger partial charge is 0.359 e. The third-order valence-electron chi connectivity index (χ3n) is 3.69. The molecule has 1 saturated heterocycles. The molecule has 0 aliphatic carbocycles. The predicted octanol–water partition coefficient (Wildman–Crippen LogP) is 2.18. The van der Waals surface area contributed by atoms with Gasteiger partial charge >= 0.3 is 0 Å². The Morgan fingerprint density at radius 2 is 2.21 bits per heavy atom. The fourth-order valence-electron chi connectivity index (χ4n) is 2.41. The van der Waals surface area contributed by atoms with Gasteiger partial charge in [0.25, 0.3) is 0 Å². The van der Waals surface area contributed by atoms with Crippen molar-refractivity contribution in [1.82, 2.24) is 15.8 Å². The number of nitrogens with zero attached hydrogens (tertiary/aromatic N) is 1. The lowest BCUT2D eigenvalue weighted by molar-refractivity contribution is 0.329. The minimum Gasteiger partial charge on any atom is -0.359 e. The van der Waals surface area contributed by atoms with Crippen LogP contribution in [0.15, 0.2) is 40.9 Å². The summed E-state index contributed by atoms with van der Waals surface area (Å²) < 4.78 is 5.39. The maximum absolute atomic E-state index is 5.39. The molecule has 1 unspecified atom stereocenters. The fraction of sp³-hybridized carbons (Fsp3) is 0.400. The molecule has 2 N–H and O–H groups in total. The molecule has 0 amide bonds. The summed E-state index contributed by atoms with van der Waals surface area (Å²) in [7, 11) is 0. The fourth-order valence-corrected chi connectivity index (χ4v) is 2.41. The van der Waals surface area contributed by atoms with E-state index in [4.69, 9.17) is 4.52 Å². The van der Waals surface area contributed by atoms with Gasteiger partial charge in [-0.3, -0.25) is 0 Å². The van der Waals surface area contributed by atoms with Crippen molar-refractivity contribution in [1.29, 1.82) is 0 Å². The SMILES string of the molecule is CC1(NCc2cc(-c3ccccc3)no2)CCNC1. The smallest absolute Gasteiger partial charge is 0.151 e. The zero-order chi connectivity index (χ0) is 13.1. The summed E-state index contributed by atoms with van der Waals surface area (Å²) >= 11 is 0. The average molecular weight is 257 g/mol. The standard InChI is InChI=1S/C15H19N3O/c1-15(7-8-16-11-15)17-10-13-9-14(18-19-13)12-5-3-2-4-6-12/h2-6,9,16-17H,7-8,10-11H2,1H3. The van der Waals surface area contributed by atoms with Crippen LogP contribution in [-0.2, 0) is 6.54 Å². The summed E-state index contributed by atoms with van der Waals surface area (Å²) in [5.74, 6) is 0.881. The highest BCUT2D eigenvalue weighted by atomic mass is 16.5. The molecule has 1 fully saturated rings. The molecule has 1 aromatic carbocycles. The van der Waals surface area contributed by atoms with Gasteiger partial charge in [-0.05, 0) is 19.9 Å². The van der Waals surface area contributed by atoms with Crippen molar-refractivity contribution in [3.05, 3.63) is 42.2 Å². The molecule has 2 aromatic rings. The Morgan fingerprint density at radius 3 is 2.95 bits per heavy atom. The van der Waals surface area contributed by atoms with Crippen molar-refractivity contribution in [2.45, 2.75) is 25.4 Å². The summed E-state index contributed by atoms with van der Waals surface area (Å²) in [6.07, 6.45) is 1.15. The first kappa shape index (κ1) is 12.4. The molecule has 2 heterocycles. The third kappa shape index (κ3) is 2.85. The van der Waals surface area contributed by atoms with E-state index in [9.17, 15) is 0 Å². The normalized spacial score (nSPS) is 22.8. The second-order valence-corrected chi connectivity index (χ2v) is 5.39. The van der Waals surface area contributed by atoms with E-state index in [2.05, 4.69) is 22.7 Å². The molecule has 0 bridgehead atoms. The number of benzene rings is 1. The molecule has 4 nitrogen and oxygen atoms in total. The van der Waals surface area contributed by atoms with Gasteiger partial charge in [0.05, 0.1) is 6.54 Å². The molecule has 19 heavy (non-hydrogen) atoms. The van der Waals surface area contributed by atoms with Gasteiger partial charge in [-0.15, -0.1) is 0 Å². The summed E-state index contributed by atoms with van der Waals surface area (Å²) in [4.78, 5) is 0. The molecule has 0 spiro atoms. The lowest BCUT2D eigenvalue weighted by atomic mass is 10.0. The van der Waals surface area contributed by atoms with E-state index in [-0.39, 0.29) is 5.54 Å². The van der Waals surface area contributed by atoms with Crippen LogP contribution in [-0.4, -0.2) is 23.8 Å². The Balaban J connectivity index is 1.65. The van der Waals surface area contributed by atoms with Crippen LogP contribution < -0.4 is 10.6 Å². The predicted molar refractivity (Wildman–Crippen MR) is 74.7 cm³/mol. The maximum Gasteiger partial charge on any atom is 0.151 e. The number of nitrogens with one attached hydrogen (secondary N) is 2. The number of hydrogen-bond acceptors (Lipinski definition) is 4. The number of rotatable bonds is 4. The van der Waals surface area contributed by atoms with E-state index in [1.807, 2.05) is 36.4 Å². The molecule has 4 heteroatoms. The van der Waals surface area contributed by atoms with Crippen LogP contribution in [0, 0.1) is 0 Å².